The van der Waals surface area contributed by atoms with E-state index in [1.54, 1.807) is 7.11 Å². The van der Waals surface area contributed by atoms with Crippen LogP contribution in [-0.2, 0) is 4.74 Å². The van der Waals surface area contributed by atoms with Gasteiger partial charge >= 0.3 is 0 Å². The summed E-state index contributed by atoms with van der Waals surface area (Å²) in [5.41, 5.74) is 0. The van der Waals surface area contributed by atoms with Crippen LogP contribution < -0.4 is 5.32 Å². The standard InChI is InChI=1S/C11H23N5OS/c1-5-18-8-9(2)16-11(13-14-15-16)10(3)12-6-7-17-4/h9-10,12H,5-8H2,1-4H3. The van der Waals surface area contributed by atoms with Crippen LogP contribution in [0.5, 0.6) is 0 Å². The van der Waals surface area contributed by atoms with E-state index in [1.165, 1.54) is 0 Å². The van der Waals surface area contributed by atoms with Crippen molar-refractivity contribution in [3.8, 4) is 0 Å². The molecule has 0 aliphatic rings. The summed E-state index contributed by atoms with van der Waals surface area (Å²) in [5, 5.41) is 15.3. The summed E-state index contributed by atoms with van der Waals surface area (Å²) in [6.45, 7) is 7.85. The van der Waals surface area contributed by atoms with E-state index in [2.05, 4.69) is 41.6 Å². The summed E-state index contributed by atoms with van der Waals surface area (Å²) < 4.78 is 6.93. The number of nitrogens with zero attached hydrogens (tertiary/aromatic N) is 4. The van der Waals surface area contributed by atoms with Crippen LogP contribution in [0.1, 0.15) is 38.7 Å². The van der Waals surface area contributed by atoms with E-state index in [9.17, 15) is 0 Å². The number of hydrogen-bond donors (Lipinski definition) is 1. The SMILES string of the molecule is CCSCC(C)n1nnnc1C(C)NCCOC. The van der Waals surface area contributed by atoms with Crippen LogP contribution in [0.15, 0.2) is 0 Å². The zero-order valence-electron chi connectivity index (χ0n) is 11.6. The third-order valence-electron chi connectivity index (χ3n) is 2.64. The number of hydrogen-bond acceptors (Lipinski definition) is 6. The third-order valence-corrected chi connectivity index (χ3v) is 3.77. The number of methoxy groups -OCH3 is 1. The second-order valence-electron chi connectivity index (χ2n) is 4.16. The molecule has 0 aliphatic heterocycles. The maximum atomic E-state index is 5.02. The molecule has 7 heteroatoms. The molecule has 0 aliphatic carbocycles. The average Bonchev–Trinajstić information content (AvgIpc) is 2.85. The van der Waals surface area contributed by atoms with Crippen LogP contribution in [0, 0.1) is 0 Å². The molecule has 0 fully saturated rings. The minimum Gasteiger partial charge on any atom is -0.383 e. The summed E-state index contributed by atoms with van der Waals surface area (Å²) in [5.74, 6) is 3.03. The summed E-state index contributed by atoms with van der Waals surface area (Å²) in [4.78, 5) is 0. The molecule has 0 amide bonds. The van der Waals surface area contributed by atoms with E-state index in [0.29, 0.717) is 12.6 Å². The first-order valence-corrected chi connectivity index (χ1v) is 7.44. The largest absolute Gasteiger partial charge is 0.383 e. The van der Waals surface area contributed by atoms with Crippen LogP contribution in [-0.4, -0.2) is 52.0 Å². The van der Waals surface area contributed by atoms with Crippen LogP contribution in [0.2, 0.25) is 0 Å². The fourth-order valence-electron chi connectivity index (χ4n) is 1.63. The third kappa shape index (κ3) is 4.55. The molecule has 0 spiro atoms. The van der Waals surface area contributed by atoms with Crippen molar-refractivity contribution in [3.05, 3.63) is 5.82 Å². The van der Waals surface area contributed by atoms with E-state index < -0.39 is 0 Å². The second-order valence-corrected chi connectivity index (χ2v) is 5.48. The van der Waals surface area contributed by atoms with Crippen molar-refractivity contribution in [2.75, 3.05) is 31.8 Å². The minimum atomic E-state index is 0.129. The fraction of sp³-hybridized carbons (Fsp3) is 0.909. The van der Waals surface area contributed by atoms with Gasteiger partial charge < -0.3 is 10.1 Å². The minimum absolute atomic E-state index is 0.129. The first-order valence-electron chi connectivity index (χ1n) is 6.28. The topological polar surface area (TPSA) is 64.9 Å². The second kappa shape index (κ2) is 8.44. The fourth-order valence-corrected chi connectivity index (χ4v) is 2.35. The zero-order valence-corrected chi connectivity index (χ0v) is 12.4. The van der Waals surface area contributed by atoms with Crippen molar-refractivity contribution < 1.29 is 4.74 Å². The van der Waals surface area contributed by atoms with Gasteiger partial charge in [0.15, 0.2) is 5.82 Å². The van der Waals surface area contributed by atoms with Gasteiger partial charge in [-0.1, -0.05) is 6.92 Å². The molecule has 1 aromatic rings. The van der Waals surface area contributed by atoms with Crippen molar-refractivity contribution in [2.24, 2.45) is 0 Å². The van der Waals surface area contributed by atoms with E-state index in [-0.39, 0.29) is 6.04 Å². The normalized spacial score (nSPS) is 14.7. The van der Waals surface area contributed by atoms with Gasteiger partial charge in [-0.05, 0) is 30.0 Å². The number of nitrogens with one attached hydrogen (secondary N) is 1. The lowest BCUT2D eigenvalue weighted by Crippen LogP contribution is -2.27. The molecule has 0 radical (unpaired) electrons. The Hall–Kier alpha value is -0.660. The van der Waals surface area contributed by atoms with Crippen molar-refractivity contribution in [1.29, 1.82) is 0 Å². The van der Waals surface area contributed by atoms with Gasteiger partial charge in [0, 0.05) is 19.4 Å². The summed E-state index contributed by atoms with van der Waals surface area (Å²) in [6.07, 6.45) is 0. The Morgan fingerprint density at radius 3 is 2.89 bits per heavy atom. The van der Waals surface area contributed by atoms with Crippen molar-refractivity contribution in [3.63, 3.8) is 0 Å². The Bertz CT molecular complexity index is 333. The highest BCUT2D eigenvalue weighted by Gasteiger charge is 2.17. The first kappa shape index (κ1) is 15.4. The Kier molecular flexibility index (Phi) is 7.22. The first-order chi connectivity index (χ1) is 8.70. The highest BCUT2D eigenvalue weighted by molar-refractivity contribution is 7.99. The van der Waals surface area contributed by atoms with Gasteiger partial charge in [-0.15, -0.1) is 5.10 Å². The number of rotatable bonds is 9. The molecule has 0 saturated carbocycles. The lowest BCUT2D eigenvalue weighted by molar-refractivity contribution is 0.195. The average molecular weight is 273 g/mol. The molecule has 2 unspecified atom stereocenters. The quantitative estimate of drug-likeness (QED) is 0.684. The molecule has 2 atom stereocenters. The van der Waals surface area contributed by atoms with E-state index in [0.717, 1.165) is 23.9 Å². The van der Waals surface area contributed by atoms with Crippen LogP contribution >= 0.6 is 11.8 Å². The van der Waals surface area contributed by atoms with Gasteiger partial charge in [0.1, 0.15) is 0 Å². The van der Waals surface area contributed by atoms with E-state index in [1.807, 2.05) is 16.4 Å². The van der Waals surface area contributed by atoms with Crippen LogP contribution in [0.25, 0.3) is 0 Å². The molecule has 1 N–H and O–H groups in total. The molecule has 0 bridgehead atoms. The maximum Gasteiger partial charge on any atom is 0.168 e. The molecular weight excluding hydrogens is 250 g/mol. The monoisotopic (exact) mass is 273 g/mol. The van der Waals surface area contributed by atoms with Crippen molar-refractivity contribution in [2.45, 2.75) is 32.9 Å². The maximum absolute atomic E-state index is 5.02. The Balaban J connectivity index is 2.57. The number of tetrazole rings is 1. The van der Waals surface area contributed by atoms with Crippen LogP contribution in [0.3, 0.4) is 0 Å². The lowest BCUT2D eigenvalue weighted by atomic mass is 10.3. The van der Waals surface area contributed by atoms with Crippen LogP contribution in [0.4, 0.5) is 0 Å². The molecule has 1 rings (SSSR count). The number of thioether (sulfide) groups is 1. The van der Waals surface area contributed by atoms with Crippen molar-refractivity contribution in [1.82, 2.24) is 25.5 Å². The Morgan fingerprint density at radius 1 is 1.44 bits per heavy atom. The van der Waals surface area contributed by atoms with Gasteiger partial charge in [-0.3, -0.25) is 0 Å². The highest BCUT2D eigenvalue weighted by atomic mass is 32.2. The van der Waals surface area contributed by atoms with Gasteiger partial charge in [0.25, 0.3) is 0 Å². The number of ether oxygens (including phenoxy) is 1. The van der Waals surface area contributed by atoms with Gasteiger partial charge in [-0.2, -0.15) is 11.8 Å². The molecule has 0 aromatic carbocycles. The lowest BCUT2D eigenvalue weighted by Gasteiger charge is -2.17. The molecule has 1 heterocycles. The predicted molar refractivity (Wildman–Crippen MR) is 73.8 cm³/mol. The predicted octanol–water partition coefficient (Wildman–Crippen LogP) is 1.28. The highest BCUT2D eigenvalue weighted by Crippen LogP contribution is 2.16. The molecular formula is C11H23N5OS. The summed E-state index contributed by atoms with van der Waals surface area (Å²) in [7, 11) is 1.69. The Morgan fingerprint density at radius 2 is 2.22 bits per heavy atom. The molecule has 6 nitrogen and oxygen atoms in total. The summed E-state index contributed by atoms with van der Waals surface area (Å²) >= 11 is 1.90. The Labute approximate surface area is 113 Å². The molecule has 0 saturated heterocycles. The number of aromatic nitrogens is 4. The van der Waals surface area contributed by atoms with Gasteiger partial charge in [0.2, 0.25) is 0 Å². The molecule has 104 valence electrons. The molecule has 1 aromatic heterocycles. The van der Waals surface area contributed by atoms with Gasteiger partial charge in [0.05, 0.1) is 18.7 Å². The van der Waals surface area contributed by atoms with E-state index in [4.69, 9.17) is 4.74 Å². The zero-order chi connectivity index (χ0) is 13.4. The smallest absolute Gasteiger partial charge is 0.168 e. The molecule has 18 heavy (non-hydrogen) atoms. The van der Waals surface area contributed by atoms with Gasteiger partial charge in [-0.25, -0.2) is 4.68 Å². The van der Waals surface area contributed by atoms with Crippen molar-refractivity contribution >= 4 is 11.8 Å². The summed E-state index contributed by atoms with van der Waals surface area (Å²) in [6, 6.07) is 0.441. The van der Waals surface area contributed by atoms with E-state index >= 15 is 0 Å².